The molecule has 1 aliphatic rings. The molecule has 1 N–H and O–H groups in total. The van der Waals surface area contributed by atoms with Crippen molar-refractivity contribution in [2.45, 2.75) is 32.1 Å². The molecular formula is C24H26FN5O2. The fraction of sp³-hybridized carbons (Fsp3) is 0.333. The number of aromatic nitrogens is 3. The Bertz CT molecular complexity index is 1060. The van der Waals surface area contributed by atoms with Crippen LogP contribution in [0, 0.1) is 12.7 Å². The molecule has 1 amide bonds. The van der Waals surface area contributed by atoms with Gasteiger partial charge in [0.1, 0.15) is 17.4 Å². The number of nitrogens with one attached hydrogen (secondary N) is 1. The Morgan fingerprint density at radius 3 is 3.00 bits per heavy atom. The van der Waals surface area contributed by atoms with Crippen molar-refractivity contribution < 1.29 is 13.9 Å². The number of halogens is 1. The predicted molar refractivity (Wildman–Crippen MR) is 119 cm³/mol. The standard InChI is InChI=1S/C24H26FN5O2/c1-17-12-20(29-23-15-26-8-9-27-23)14-22(28-17)18-4-3-10-30(16-18)24(31)7-11-32-21-6-2-5-19(25)13-21/h2,5-6,8-9,12-15,18H,3-4,7,10-11,16H2,1H3,(H,27,28,29)/t18-/m0/s1. The van der Waals surface area contributed by atoms with Crippen LogP contribution in [0.1, 0.15) is 36.6 Å². The average molecular weight is 436 g/mol. The molecule has 1 fully saturated rings. The quantitative estimate of drug-likeness (QED) is 0.598. The number of piperidine rings is 1. The minimum Gasteiger partial charge on any atom is -0.493 e. The summed E-state index contributed by atoms with van der Waals surface area (Å²) in [5.41, 5.74) is 2.77. The van der Waals surface area contributed by atoms with Crippen molar-refractivity contribution in [2.24, 2.45) is 0 Å². The van der Waals surface area contributed by atoms with Gasteiger partial charge >= 0.3 is 0 Å². The largest absolute Gasteiger partial charge is 0.493 e. The molecule has 1 atom stereocenters. The SMILES string of the molecule is Cc1cc(Nc2cnccn2)cc([C@H]2CCCN(C(=O)CCOc3cccc(F)c3)C2)n1. The minimum atomic E-state index is -0.355. The van der Waals surface area contributed by atoms with Crippen LogP contribution in [0.4, 0.5) is 15.9 Å². The Kier molecular flexibility index (Phi) is 6.89. The lowest BCUT2D eigenvalue weighted by Crippen LogP contribution is -2.39. The molecule has 0 spiro atoms. The van der Waals surface area contributed by atoms with Crippen molar-refractivity contribution in [2.75, 3.05) is 25.0 Å². The molecule has 4 rings (SSSR count). The molecule has 3 heterocycles. The van der Waals surface area contributed by atoms with Gasteiger partial charge in [0.05, 0.1) is 19.2 Å². The third-order valence-corrected chi connectivity index (χ3v) is 5.38. The molecule has 0 bridgehead atoms. The number of amides is 1. The van der Waals surface area contributed by atoms with Crippen LogP contribution < -0.4 is 10.1 Å². The number of likely N-dealkylation sites (tertiary alicyclic amines) is 1. The lowest BCUT2D eigenvalue weighted by atomic mass is 9.93. The van der Waals surface area contributed by atoms with E-state index in [1.807, 2.05) is 24.0 Å². The minimum absolute atomic E-state index is 0.0386. The number of aryl methyl sites for hydroxylation is 1. The number of nitrogens with zero attached hydrogens (tertiary/aromatic N) is 4. The van der Waals surface area contributed by atoms with Crippen LogP contribution in [0.15, 0.2) is 55.0 Å². The normalized spacial score (nSPS) is 15.9. The highest BCUT2D eigenvalue weighted by Crippen LogP contribution is 2.29. The van der Waals surface area contributed by atoms with E-state index in [1.54, 1.807) is 30.7 Å². The number of ether oxygens (including phenoxy) is 1. The molecule has 0 aliphatic carbocycles. The molecule has 2 aromatic heterocycles. The van der Waals surface area contributed by atoms with Crippen LogP contribution in [0.5, 0.6) is 5.75 Å². The molecule has 1 saturated heterocycles. The van der Waals surface area contributed by atoms with E-state index in [2.05, 4.69) is 15.3 Å². The third kappa shape index (κ3) is 5.78. The summed E-state index contributed by atoms with van der Waals surface area (Å²) in [6, 6.07) is 9.93. The van der Waals surface area contributed by atoms with Crippen LogP contribution in [-0.4, -0.2) is 45.5 Å². The Morgan fingerprint density at radius 1 is 1.28 bits per heavy atom. The summed E-state index contributed by atoms with van der Waals surface area (Å²) in [4.78, 5) is 27.7. The number of carbonyl (C=O) groups is 1. The monoisotopic (exact) mass is 435 g/mol. The van der Waals surface area contributed by atoms with Crippen LogP contribution in [-0.2, 0) is 4.79 Å². The van der Waals surface area contributed by atoms with Crippen molar-refractivity contribution in [1.82, 2.24) is 19.9 Å². The zero-order valence-electron chi connectivity index (χ0n) is 18.0. The van der Waals surface area contributed by atoms with E-state index in [-0.39, 0.29) is 30.7 Å². The fourth-order valence-corrected chi connectivity index (χ4v) is 3.90. The lowest BCUT2D eigenvalue weighted by molar-refractivity contribution is -0.132. The molecule has 8 heteroatoms. The fourth-order valence-electron chi connectivity index (χ4n) is 3.90. The van der Waals surface area contributed by atoms with Crippen molar-refractivity contribution in [1.29, 1.82) is 0 Å². The molecule has 1 aromatic carbocycles. The number of benzene rings is 1. The molecule has 166 valence electrons. The second-order valence-electron chi connectivity index (χ2n) is 7.87. The predicted octanol–water partition coefficient (Wildman–Crippen LogP) is 4.24. The third-order valence-electron chi connectivity index (χ3n) is 5.38. The molecule has 0 saturated carbocycles. The number of anilines is 2. The van der Waals surface area contributed by atoms with Gasteiger partial charge in [-0.15, -0.1) is 0 Å². The molecule has 32 heavy (non-hydrogen) atoms. The molecule has 1 aliphatic heterocycles. The van der Waals surface area contributed by atoms with Gasteiger partial charge in [-0.3, -0.25) is 14.8 Å². The molecule has 0 radical (unpaired) electrons. The van der Waals surface area contributed by atoms with E-state index >= 15 is 0 Å². The van der Waals surface area contributed by atoms with Gasteiger partial charge in [0.25, 0.3) is 0 Å². The van der Waals surface area contributed by atoms with Crippen LogP contribution in [0.3, 0.4) is 0 Å². The van der Waals surface area contributed by atoms with Crippen LogP contribution in [0.2, 0.25) is 0 Å². The number of hydrogen-bond donors (Lipinski definition) is 1. The van der Waals surface area contributed by atoms with Gasteiger partial charge in [-0.25, -0.2) is 9.37 Å². The number of carbonyl (C=O) groups excluding carboxylic acids is 1. The highest BCUT2D eigenvalue weighted by molar-refractivity contribution is 5.76. The van der Waals surface area contributed by atoms with Crippen LogP contribution >= 0.6 is 0 Å². The first-order valence-corrected chi connectivity index (χ1v) is 10.7. The van der Waals surface area contributed by atoms with E-state index in [1.165, 1.54) is 12.1 Å². The van der Waals surface area contributed by atoms with Gasteiger partial charge in [-0.1, -0.05) is 6.07 Å². The second-order valence-corrected chi connectivity index (χ2v) is 7.87. The van der Waals surface area contributed by atoms with Crippen molar-refractivity contribution in [3.8, 4) is 5.75 Å². The lowest BCUT2D eigenvalue weighted by Gasteiger charge is -2.33. The Hall–Kier alpha value is -3.55. The van der Waals surface area contributed by atoms with Gasteiger partial charge in [0.15, 0.2) is 0 Å². The number of hydrogen-bond acceptors (Lipinski definition) is 6. The van der Waals surface area contributed by atoms with E-state index in [4.69, 9.17) is 9.72 Å². The highest BCUT2D eigenvalue weighted by Gasteiger charge is 2.26. The first-order valence-electron chi connectivity index (χ1n) is 10.7. The van der Waals surface area contributed by atoms with Gasteiger partial charge in [-0.05, 0) is 44.0 Å². The van der Waals surface area contributed by atoms with E-state index in [9.17, 15) is 9.18 Å². The smallest absolute Gasteiger partial charge is 0.226 e. The molecule has 3 aromatic rings. The maximum atomic E-state index is 13.3. The number of pyridine rings is 1. The topological polar surface area (TPSA) is 80.2 Å². The highest BCUT2D eigenvalue weighted by atomic mass is 19.1. The van der Waals surface area contributed by atoms with Gasteiger partial charge in [0.2, 0.25) is 5.91 Å². The second kappa shape index (κ2) is 10.2. The summed E-state index contributed by atoms with van der Waals surface area (Å²) in [6.45, 7) is 3.53. The van der Waals surface area contributed by atoms with Gasteiger partial charge in [-0.2, -0.15) is 0 Å². The molecule has 0 unspecified atom stereocenters. The summed E-state index contributed by atoms with van der Waals surface area (Å²) < 4.78 is 18.8. The first kappa shape index (κ1) is 21.7. The maximum Gasteiger partial charge on any atom is 0.226 e. The van der Waals surface area contributed by atoms with Crippen molar-refractivity contribution in [3.05, 3.63) is 72.2 Å². The number of rotatable bonds is 7. The van der Waals surface area contributed by atoms with Crippen molar-refractivity contribution in [3.63, 3.8) is 0 Å². The Morgan fingerprint density at radius 2 is 2.19 bits per heavy atom. The summed E-state index contributed by atoms with van der Waals surface area (Å²) in [5, 5.41) is 3.27. The zero-order chi connectivity index (χ0) is 22.3. The Labute approximate surface area is 186 Å². The van der Waals surface area contributed by atoms with E-state index in [0.717, 1.165) is 36.5 Å². The summed E-state index contributed by atoms with van der Waals surface area (Å²) in [7, 11) is 0. The zero-order valence-corrected chi connectivity index (χ0v) is 18.0. The molecular weight excluding hydrogens is 409 g/mol. The first-order chi connectivity index (χ1) is 15.6. The van der Waals surface area contributed by atoms with Gasteiger partial charge in [0, 0.05) is 54.5 Å². The van der Waals surface area contributed by atoms with Crippen LogP contribution in [0.25, 0.3) is 0 Å². The summed E-state index contributed by atoms with van der Waals surface area (Å²) in [5.74, 6) is 0.951. The van der Waals surface area contributed by atoms with E-state index in [0.29, 0.717) is 18.1 Å². The van der Waals surface area contributed by atoms with Gasteiger partial charge < -0.3 is 15.0 Å². The summed E-state index contributed by atoms with van der Waals surface area (Å²) >= 11 is 0. The molecule has 7 nitrogen and oxygen atoms in total. The van der Waals surface area contributed by atoms with Crippen molar-refractivity contribution >= 4 is 17.4 Å². The maximum absolute atomic E-state index is 13.3. The summed E-state index contributed by atoms with van der Waals surface area (Å²) in [6.07, 6.45) is 7.09. The Balaban J connectivity index is 1.36. The average Bonchev–Trinajstić information content (AvgIpc) is 2.79. The van der Waals surface area contributed by atoms with E-state index < -0.39 is 0 Å².